The van der Waals surface area contributed by atoms with Crippen LogP contribution in [-0.4, -0.2) is 43.2 Å². The van der Waals surface area contributed by atoms with Gasteiger partial charge in [0.1, 0.15) is 5.69 Å². The second-order valence-corrected chi connectivity index (χ2v) is 8.40. The Morgan fingerprint density at radius 2 is 1.96 bits per heavy atom. The summed E-state index contributed by atoms with van der Waals surface area (Å²) in [7, 11) is -3.41. The van der Waals surface area contributed by atoms with Crippen molar-refractivity contribution in [3.63, 3.8) is 0 Å². The predicted octanol–water partition coefficient (Wildman–Crippen LogP) is 1.97. The van der Waals surface area contributed by atoms with E-state index in [0.717, 1.165) is 12.8 Å². The van der Waals surface area contributed by atoms with E-state index in [0.29, 0.717) is 30.2 Å². The van der Waals surface area contributed by atoms with Crippen molar-refractivity contribution >= 4 is 27.3 Å². The molecule has 2 heterocycles. The first-order chi connectivity index (χ1) is 11.6. The lowest BCUT2D eigenvalue weighted by Crippen LogP contribution is -2.41. The zero-order valence-corrected chi connectivity index (χ0v) is 14.7. The van der Waals surface area contributed by atoms with Gasteiger partial charge in [0.15, 0.2) is 0 Å². The van der Waals surface area contributed by atoms with Crippen molar-refractivity contribution in [1.82, 2.24) is 14.6 Å². The highest BCUT2D eigenvalue weighted by Crippen LogP contribution is 2.23. The number of nitrogens with one attached hydrogen (secondary N) is 1. The minimum atomic E-state index is -3.41. The SMILES string of the molecule is O=C(NCC1CCN(S(=O)(=O)c2ccccc2)CC1)c1cscn1. The first kappa shape index (κ1) is 17.1. The third-order valence-electron chi connectivity index (χ3n) is 4.17. The van der Waals surface area contributed by atoms with Crippen LogP contribution in [0.2, 0.25) is 0 Å². The van der Waals surface area contributed by atoms with Gasteiger partial charge in [-0.1, -0.05) is 18.2 Å². The van der Waals surface area contributed by atoms with Crippen LogP contribution in [0.25, 0.3) is 0 Å². The Kier molecular flexibility index (Phi) is 5.27. The molecule has 0 bridgehead atoms. The number of rotatable bonds is 5. The topological polar surface area (TPSA) is 79.4 Å². The summed E-state index contributed by atoms with van der Waals surface area (Å²) in [5.41, 5.74) is 2.06. The second-order valence-electron chi connectivity index (χ2n) is 5.74. The Morgan fingerprint density at radius 3 is 2.58 bits per heavy atom. The molecule has 1 saturated heterocycles. The Hall–Kier alpha value is -1.77. The van der Waals surface area contributed by atoms with Crippen LogP contribution in [-0.2, 0) is 10.0 Å². The normalized spacial score (nSPS) is 16.8. The molecule has 0 saturated carbocycles. The number of thiazole rings is 1. The third-order valence-corrected chi connectivity index (χ3v) is 6.67. The highest BCUT2D eigenvalue weighted by Gasteiger charge is 2.29. The average molecular weight is 365 g/mol. The van der Waals surface area contributed by atoms with E-state index in [1.54, 1.807) is 41.2 Å². The van der Waals surface area contributed by atoms with Crippen LogP contribution in [0, 0.1) is 5.92 Å². The van der Waals surface area contributed by atoms with Crippen LogP contribution in [0.1, 0.15) is 23.3 Å². The van der Waals surface area contributed by atoms with Gasteiger partial charge in [0.2, 0.25) is 10.0 Å². The molecule has 1 aromatic heterocycles. The van der Waals surface area contributed by atoms with E-state index >= 15 is 0 Å². The number of nitrogens with zero attached hydrogens (tertiary/aromatic N) is 2. The molecule has 128 valence electrons. The van der Waals surface area contributed by atoms with E-state index < -0.39 is 10.0 Å². The van der Waals surface area contributed by atoms with Gasteiger partial charge in [-0.25, -0.2) is 13.4 Å². The molecule has 2 aromatic rings. The van der Waals surface area contributed by atoms with Crippen LogP contribution in [0.4, 0.5) is 0 Å². The molecule has 0 unspecified atom stereocenters. The van der Waals surface area contributed by atoms with E-state index in [-0.39, 0.29) is 11.8 Å². The number of hydrogen-bond acceptors (Lipinski definition) is 5. The summed E-state index contributed by atoms with van der Waals surface area (Å²) in [6, 6.07) is 8.50. The van der Waals surface area contributed by atoms with E-state index in [1.807, 2.05) is 0 Å². The number of carbonyl (C=O) groups is 1. The molecule has 8 heteroatoms. The van der Waals surface area contributed by atoms with Crippen molar-refractivity contribution in [3.8, 4) is 0 Å². The van der Waals surface area contributed by atoms with Crippen LogP contribution in [0.5, 0.6) is 0 Å². The highest BCUT2D eigenvalue weighted by atomic mass is 32.2. The van der Waals surface area contributed by atoms with Gasteiger partial charge in [-0.15, -0.1) is 11.3 Å². The fourth-order valence-electron chi connectivity index (χ4n) is 2.75. The summed E-state index contributed by atoms with van der Waals surface area (Å²) in [5.74, 6) is 0.116. The van der Waals surface area contributed by atoms with Crippen molar-refractivity contribution in [3.05, 3.63) is 46.9 Å². The van der Waals surface area contributed by atoms with Gasteiger partial charge < -0.3 is 5.32 Å². The third kappa shape index (κ3) is 3.82. The Balaban J connectivity index is 1.52. The molecule has 0 radical (unpaired) electrons. The summed E-state index contributed by atoms with van der Waals surface area (Å²) in [6.45, 7) is 1.51. The lowest BCUT2D eigenvalue weighted by atomic mass is 9.98. The van der Waals surface area contributed by atoms with Gasteiger partial charge in [-0.2, -0.15) is 4.31 Å². The minimum absolute atomic E-state index is 0.171. The van der Waals surface area contributed by atoms with E-state index in [4.69, 9.17) is 0 Å². The van der Waals surface area contributed by atoms with Gasteiger partial charge in [0.25, 0.3) is 5.91 Å². The van der Waals surface area contributed by atoms with Crippen LogP contribution in [0.15, 0.2) is 46.1 Å². The molecule has 0 spiro atoms. The molecule has 1 amide bonds. The van der Waals surface area contributed by atoms with E-state index in [2.05, 4.69) is 10.3 Å². The molecular weight excluding hydrogens is 346 g/mol. The number of amides is 1. The van der Waals surface area contributed by atoms with E-state index in [9.17, 15) is 13.2 Å². The summed E-state index contributed by atoms with van der Waals surface area (Å²) in [5, 5.41) is 4.59. The van der Waals surface area contributed by atoms with Gasteiger partial charge >= 0.3 is 0 Å². The highest BCUT2D eigenvalue weighted by molar-refractivity contribution is 7.89. The lowest BCUT2D eigenvalue weighted by Gasteiger charge is -2.31. The number of carbonyl (C=O) groups excluding carboxylic acids is 1. The summed E-state index contributed by atoms with van der Waals surface area (Å²) < 4.78 is 26.7. The summed E-state index contributed by atoms with van der Waals surface area (Å²) in [6.07, 6.45) is 1.48. The fraction of sp³-hybridized carbons (Fsp3) is 0.375. The van der Waals surface area contributed by atoms with Crippen molar-refractivity contribution in [2.45, 2.75) is 17.7 Å². The maximum Gasteiger partial charge on any atom is 0.270 e. The molecule has 0 aliphatic carbocycles. The fourth-order valence-corrected chi connectivity index (χ4v) is 4.77. The van der Waals surface area contributed by atoms with Crippen molar-refractivity contribution < 1.29 is 13.2 Å². The Bertz CT molecular complexity index is 768. The van der Waals surface area contributed by atoms with Crippen molar-refractivity contribution in [1.29, 1.82) is 0 Å². The van der Waals surface area contributed by atoms with Gasteiger partial charge in [0, 0.05) is 25.0 Å². The van der Waals surface area contributed by atoms with Crippen molar-refractivity contribution in [2.75, 3.05) is 19.6 Å². The van der Waals surface area contributed by atoms with E-state index in [1.165, 1.54) is 15.6 Å². The Labute approximate surface area is 145 Å². The number of piperidine rings is 1. The molecule has 0 atom stereocenters. The number of hydrogen-bond donors (Lipinski definition) is 1. The van der Waals surface area contributed by atoms with Gasteiger partial charge in [-0.05, 0) is 30.9 Å². The van der Waals surface area contributed by atoms with Gasteiger partial charge in [-0.3, -0.25) is 4.79 Å². The molecule has 3 rings (SSSR count). The van der Waals surface area contributed by atoms with Crippen LogP contribution < -0.4 is 5.32 Å². The monoisotopic (exact) mass is 365 g/mol. The summed E-state index contributed by atoms with van der Waals surface area (Å²) >= 11 is 1.38. The number of aromatic nitrogens is 1. The maximum absolute atomic E-state index is 12.6. The quantitative estimate of drug-likeness (QED) is 0.879. The largest absolute Gasteiger partial charge is 0.350 e. The standard InChI is InChI=1S/C16H19N3O3S2/c20-16(15-11-23-12-18-15)17-10-13-6-8-19(9-7-13)24(21,22)14-4-2-1-3-5-14/h1-5,11-13H,6-10H2,(H,17,20). The molecule has 1 N–H and O–H groups in total. The predicted molar refractivity (Wildman–Crippen MR) is 92.4 cm³/mol. The molecule has 1 fully saturated rings. The number of benzene rings is 1. The average Bonchev–Trinajstić information content (AvgIpc) is 3.15. The Morgan fingerprint density at radius 1 is 1.25 bits per heavy atom. The summed E-state index contributed by atoms with van der Waals surface area (Å²) in [4.78, 5) is 16.2. The molecule has 1 aromatic carbocycles. The minimum Gasteiger partial charge on any atom is -0.350 e. The molecular formula is C16H19N3O3S2. The zero-order valence-electron chi connectivity index (χ0n) is 13.1. The van der Waals surface area contributed by atoms with Gasteiger partial charge in [0.05, 0.1) is 10.4 Å². The second kappa shape index (κ2) is 7.42. The molecule has 1 aliphatic heterocycles. The number of sulfonamides is 1. The lowest BCUT2D eigenvalue weighted by molar-refractivity contribution is 0.0937. The van der Waals surface area contributed by atoms with Crippen LogP contribution in [0.3, 0.4) is 0 Å². The first-order valence-corrected chi connectivity index (χ1v) is 10.2. The first-order valence-electron chi connectivity index (χ1n) is 7.79. The molecule has 1 aliphatic rings. The van der Waals surface area contributed by atoms with Crippen molar-refractivity contribution in [2.24, 2.45) is 5.92 Å². The maximum atomic E-state index is 12.6. The molecule has 6 nitrogen and oxygen atoms in total. The molecule has 24 heavy (non-hydrogen) atoms. The zero-order chi connectivity index (χ0) is 17.0. The van der Waals surface area contributed by atoms with Crippen LogP contribution >= 0.6 is 11.3 Å². The smallest absolute Gasteiger partial charge is 0.270 e.